The van der Waals surface area contributed by atoms with Gasteiger partial charge in [0.1, 0.15) is 12.0 Å². The molecular formula is C19H24N8O5S. The number of sulfonamides is 1. The smallest absolute Gasteiger partial charge is 0.245 e. The number of nitrogens with one attached hydrogen (secondary N) is 2. The van der Waals surface area contributed by atoms with Gasteiger partial charge in [-0.2, -0.15) is 9.97 Å². The van der Waals surface area contributed by atoms with E-state index in [0.717, 1.165) is 13.0 Å². The highest BCUT2D eigenvalue weighted by atomic mass is 32.2. The molecule has 0 radical (unpaired) electrons. The summed E-state index contributed by atoms with van der Waals surface area (Å²) in [6.07, 6.45) is 2.56. The molecule has 0 aromatic carbocycles. The van der Waals surface area contributed by atoms with Crippen LogP contribution < -0.4 is 24.2 Å². The van der Waals surface area contributed by atoms with Crippen LogP contribution >= 0.6 is 0 Å². The number of rotatable bonds is 8. The highest BCUT2D eigenvalue weighted by Crippen LogP contribution is 2.35. The van der Waals surface area contributed by atoms with Gasteiger partial charge in [-0.05, 0) is 25.5 Å². The van der Waals surface area contributed by atoms with Gasteiger partial charge in [0.25, 0.3) is 0 Å². The number of ether oxygens (including phenoxy) is 3. The summed E-state index contributed by atoms with van der Waals surface area (Å²) in [4.78, 5) is 12.7. The van der Waals surface area contributed by atoms with Gasteiger partial charge in [-0.1, -0.05) is 6.07 Å². The van der Waals surface area contributed by atoms with Gasteiger partial charge in [0.2, 0.25) is 33.6 Å². The average molecular weight is 477 g/mol. The summed E-state index contributed by atoms with van der Waals surface area (Å²) in [6, 6.07) is 5.10. The summed E-state index contributed by atoms with van der Waals surface area (Å²) < 4.78 is 46.3. The van der Waals surface area contributed by atoms with E-state index >= 15 is 0 Å². The Morgan fingerprint density at radius 3 is 2.48 bits per heavy atom. The summed E-state index contributed by atoms with van der Waals surface area (Å²) >= 11 is 0. The molecule has 1 saturated heterocycles. The number of pyridine rings is 1. The molecule has 0 unspecified atom stereocenters. The lowest BCUT2D eigenvalue weighted by Gasteiger charge is -2.23. The van der Waals surface area contributed by atoms with Crippen LogP contribution in [0.5, 0.6) is 17.6 Å². The Hall–Kier alpha value is -3.52. The molecule has 13 nitrogen and oxygen atoms in total. The predicted octanol–water partition coefficient (Wildman–Crippen LogP) is 0.639. The quantitative estimate of drug-likeness (QED) is 0.470. The Labute approximate surface area is 190 Å². The molecular weight excluding hydrogens is 452 g/mol. The zero-order valence-electron chi connectivity index (χ0n) is 18.3. The lowest BCUT2D eigenvalue weighted by molar-refractivity contribution is 0.368. The first-order valence-electron chi connectivity index (χ1n) is 10.1. The van der Waals surface area contributed by atoms with Crippen LogP contribution in [-0.2, 0) is 10.0 Å². The number of hydrogen-bond donors (Lipinski definition) is 2. The van der Waals surface area contributed by atoms with E-state index in [-0.39, 0.29) is 29.2 Å². The van der Waals surface area contributed by atoms with Crippen molar-refractivity contribution in [1.29, 1.82) is 0 Å². The fraction of sp³-hybridized carbons (Fsp3) is 0.421. The molecule has 3 aromatic rings. The zero-order chi connectivity index (χ0) is 23.4. The topological polar surface area (TPSA) is 155 Å². The number of nitrogens with zero attached hydrogens (tertiary/aromatic N) is 6. The van der Waals surface area contributed by atoms with E-state index < -0.39 is 15.3 Å². The third-order valence-electron chi connectivity index (χ3n) is 5.11. The Balaban J connectivity index is 1.90. The first kappa shape index (κ1) is 22.7. The van der Waals surface area contributed by atoms with Crippen LogP contribution in [-0.4, -0.2) is 77.8 Å². The molecule has 4 rings (SSSR count). The molecule has 0 aliphatic carbocycles. The lowest BCUT2D eigenvalue weighted by Crippen LogP contribution is -2.41. The minimum Gasteiger partial charge on any atom is -0.481 e. The molecule has 0 amide bonds. The summed E-state index contributed by atoms with van der Waals surface area (Å²) in [6.45, 7) is 1.12. The van der Waals surface area contributed by atoms with Crippen LogP contribution in [0.25, 0.3) is 17.2 Å². The van der Waals surface area contributed by atoms with Crippen LogP contribution in [0, 0.1) is 0 Å². The molecule has 0 saturated carbocycles. The number of aromatic nitrogens is 6. The second-order valence-corrected chi connectivity index (χ2v) is 9.06. The predicted molar refractivity (Wildman–Crippen MR) is 118 cm³/mol. The highest BCUT2D eigenvalue weighted by molar-refractivity contribution is 7.93. The minimum atomic E-state index is -3.79. The summed E-state index contributed by atoms with van der Waals surface area (Å²) in [7, 11) is 0.555. The SMILES string of the molecule is COc1cccc(-c2nnc(NS(=O)(=O)[C@@H]3CCCNC3)n2-c2c(OC)ncnc2OC)n1. The fourth-order valence-corrected chi connectivity index (χ4v) is 4.88. The molecule has 176 valence electrons. The van der Waals surface area contributed by atoms with Gasteiger partial charge >= 0.3 is 0 Å². The van der Waals surface area contributed by atoms with E-state index in [1.165, 1.54) is 32.2 Å². The maximum atomic E-state index is 13.1. The Morgan fingerprint density at radius 1 is 1.09 bits per heavy atom. The van der Waals surface area contributed by atoms with Crippen molar-refractivity contribution in [2.24, 2.45) is 0 Å². The third-order valence-corrected chi connectivity index (χ3v) is 6.86. The van der Waals surface area contributed by atoms with E-state index in [9.17, 15) is 8.42 Å². The van der Waals surface area contributed by atoms with Crippen molar-refractivity contribution < 1.29 is 22.6 Å². The summed E-state index contributed by atoms with van der Waals surface area (Å²) in [5.74, 6) is 0.739. The van der Waals surface area contributed by atoms with Crippen LogP contribution in [0.4, 0.5) is 5.95 Å². The fourth-order valence-electron chi connectivity index (χ4n) is 3.51. The summed E-state index contributed by atoms with van der Waals surface area (Å²) in [5.41, 5.74) is 0.589. The molecule has 14 heteroatoms. The van der Waals surface area contributed by atoms with Crippen molar-refractivity contribution in [2.45, 2.75) is 18.1 Å². The van der Waals surface area contributed by atoms with Gasteiger partial charge in [-0.15, -0.1) is 10.2 Å². The molecule has 3 aromatic heterocycles. The van der Waals surface area contributed by atoms with E-state index in [1.807, 2.05) is 0 Å². The monoisotopic (exact) mass is 476 g/mol. The lowest BCUT2D eigenvalue weighted by atomic mass is 10.2. The first-order chi connectivity index (χ1) is 16.0. The first-order valence-corrected chi connectivity index (χ1v) is 11.7. The van der Waals surface area contributed by atoms with Crippen LogP contribution in [0.3, 0.4) is 0 Å². The largest absolute Gasteiger partial charge is 0.481 e. The number of methoxy groups -OCH3 is 3. The Bertz CT molecular complexity index is 1200. The van der Waals surface area contributed by atoms with Crippen molar-refractivity contribution in [3.05, 3.63) is 24.5 Å². The molecule has 1 aliphatic rings. The van der Waals surface area contributed by atoms with Crippen LogP contribution in [0.15, 0.2) is 24.5 Å². The maximum absolute atomic E-state index is 13.1. The Kier molecular flexibility index (Phi) is 6.55. The van der Waals surface area contributed by atoms with Gasteiger partial charge in [0.15, 0.2) is 11.5 Å². The van der Waals surface area contributed by atoms with Crippen molar-refractivity contribution in [3.63, 3.8) is 0 Å². The van der Waals surface area contributed by atoms with Gasteiger partial charge in [0, 0.05) is 12.6 Å². The van der Waals surface area contributed by atoms with Gasteiger partial charge in [-0.3, -0.25) is 4.72 Å². The zero-order valence-corrected chi connectivity index (χ0v) is 19.2. The van der Waals surface area contributed by atoms with Gasteiger partial charge in [-0.25, -0.2) is 18.0 Å². The third kappa shape index (κ3) is 4.52. The number of anilines is 1. The van der Waals surface area contributed by atoms with Crippen LogP contribution in [0.1, 0.15) is 12.8 Å². The second kappa shape index (κ2) is 9.54. The van der Waals surface area contributed by atoms with Crippen molar-refractivity contribution in [3.8, 4) is 34.8 Å². The minimum absolute atomic E-state index is 0.0772. The maximum Gasteiger partial charge on any atom is 0.245 e. The average Bonchev–Trinajstić information content (AvgIpc) is 3.26. The van der Waals surface area contributed by atoms with E-state index in [0.29, 0.717) is 24.5 Å². The second-order valence-electron chi connectivity index (χ2n) is 7.10. The van der Waals surface area contributed by atoms with Crippen LogP contribution in [0.2, 0.25) is 0 Å². The molecule has 1 fully saturated rings. The Morgan fingerprint density at radius 2 is 1.85 bits per heavy atom. The van der Waals surface area contributed by atoms with Gasteiger partial charge in [0.05, 0.1) is 26.6 Å². The molecule has 33 heavy (non-hydrogen) atoms. The molecule has 1 aliphatic heterocycles. The van der Waals surface area contributed by atoms with Crippen molar-refractivity contribution in [1.82, 2.24) is 35.0 Å². The van der Waals surface area contributed by atoms with E-state index in [1.54, 1.807) is 18.2 Å². The molecule has 0 spiro atoms. The normalized spacial score (nSPS) is 16.3. The number of piperidine rings is 1. The summed E-state index contributed by atoms with van der Waals surface area (Å²) in [5, 5.41) is 10.8. The molecule has 2 N–H and O–H groups in total. The molecule has 4 heterocycles. The van der Waals surface area contributed by atoms with Gasteiger partial charge < -0.3 is 19.5 Å². The highest BCUT2D eigenvalue weighted by Gasteiger charge is 2.31. The van der Waals surface area contributed by atoms with E-state index in [4.69, 9.17) is 14.2 Å². The van der Waals surface area contributed by atoms with Crippen molar-refractivity contribution >= 4 is 16.0 Å². The molecule has 1 atom stereocenters. The van der Waals surface area contributed by atoms with E-state index in [2.05, 4.69) is 35.2 Å². The molecule has 0 bridgehead atoms. The standard InChI is InChI=1S/C19H24N8O5S/c1-30-14-8-4-7-13(23-14)16-24-25-19(26-33(28,29)12-6-5-9-20-10-12)27(16)15-17(31-2)21-11-22-18(15)32-3/h4,7-8,11-12,20H,5-6,9-10H2,1-3H3,(H,25,26)/t12-/m1/s1. The number of hydrogen-bond acceptors (Lipinski definition) is 11. The van der Waals surface area contributed by atoms with Crippen molar-refractivity contribution in [2.75, 3.05) is 39.1 Å².